The zero-order valence-corrected chi connectivity index (χ0v) is 15.8. The van der Waals surface area contributed by atoms with E-state index < -0.39 is 16.5 Å². The molecule has 0 unspecified atom stereocenters. The topological polar surface area (TPSA) is 0 Å². The minimum atomic E-state index is -0.806. The Bertz CT molecular complexity index is 125. The Hall–Kier alpha value is 1.27. The molecule has 0 aromatic heterocycles. The van der Waals surface area contributed by atoms with E-state index in [1.165, 1.54) is 64.2 Å². The van der Waals surface area contributed by atoms with E-state index in [0.29, 0.717) is 0 Å². The Kier molecular flexibility index (Phi) is 14.7. The van der Waals surface area contributed by atoms with Crippen molar-refractivity contribution < 1.29 is 16.5 Å². The maximum absolute atomic E-state index is 4.93. The molecule has 0 aromatic carbocycles. The molecule has 0 bridgehead atoms. The predicted molar refractivity (Wildman–Crippen MR) is 76.2 cm³/mol. The van der Waals surface area contributed by atoms with E-state index in [0.717, 1.165) is 11.8 Å². The molecule has 0 aromatic rings. The Morgan fingerprint density at radius 2 is 1.00 bits per heavy atom. The summed E-state index contributed by atoms with van der Waals surface area (Å²) in [6.45, 7) is 4.60. The van der Waals surface area contributed by atoms with Gasteiger partial charge in [-0.2, -0.15) is 0 Å². The summed E-state index contributed by atoms with van der Waals surface area (Å²) in [6, 6.07) is 0. The van der Waals surface area contributed by atoms with Crippen LogP contribution in [0, 0.1) is 11.8 Å². The Labute approximate surface area is 125 Å². The zero-order valence-electron chi connectivity index (χ0n) is 11.4. The van der Waals surface area contributed by atoms with Gasteiger partial charge in [0.25, 0.3) is 0 Å². The second kappa shape index (κ2) is 13.7. The van der Waals surface area contributed by atoms with E-state index >= 15 is 0 Å². The first-order chi connectivity index (χ1) is 8.28. The average molecular weight is 451 g/mol. The van der Waals surface area contributed by atoms with E-state index in [9.17, 15) is 0 Å². The van der Waals surface area contributed by atoms with Gasteiger partial charge in [-0.05, 0) is 11.8 Å². The molecule has 2 aliphatic carbocycles. The fourth-order valence-electron chi connectivity index (χ4n) is 2.84. The van der Waals surface area contributed by atoms with E-state index in [2.05, 4.69) is 13.8 Å². The van der Waals surface area contributed by atoms with Crippen molar-refractivity contribution >= 4 is 18.8 Å². The van der Waals surface area contributed by atoms with Crippen LogP contribution in [0.1, 0.15) is 78.1 Å². The minimum absolute atomic E-state index is 0.806. The zero-order chi connectivity index (χ0) is 12.9. The van der Waals surface area contributed by atoms with Gasteiger partial charge in [0.2, 0.25) is 0 Å². The van der Waals surface area contributed by atoms with E-state index in [1.807, 2.05) is 0 Å². The van der Waals surface area contributed by atoms with E-state index in [1.54, 1.807) is 0 Å². The molecule has 0 N–H and O–H groups in total. The van der Waals surface area contributed by atoms with Gasteiger partial charge in [0.15, 0.2) is 0 Å². The molecule has 0 radical (unpaired) electrons. The first kappa shape index (κ1) is 18.3. The van der Waals surface area contributed by atoms with Gasteiger partial charge in [0, 0.05) is 0 Å². The van der Waals surface area contributed by atoms with Gasteiger partial charge >= 0.3 is 35.3 Å². The van der Waals surface area contributed by atoms with Crippen LogP contribution in [-0.4, -0.2) is 0 Å². The summed E-state index contributed by atoms with van der Waals surface area (Å²) in [4.78, 5) is 0. The molecular weight excluding hydrogens is 423 g/mol. The molecular formula is C14H28Cl2W. The number of hydrogen-bond donors (Lipinski definition) is 0. The molecule has 3 heteroatoms. The second-order valence-corrected chi connectivity index (χ2v) is 9.41. The third-order valence-electron chi connectivity index (χ3n) is 4.10. The van der Waals surface area contributed by atoms with Gasteiger partial charge in [-0.25, -0.2) is 0 Å². The fourth-order valence-corrected chi connectivity index (χ4v) is 2.84. The molecule has 2 aliphatic rings. The normalized spacial score (nSPS) is 20.5. The first-order valence-corrected chi connectivity index (χ1v) is 14.4. The predicted octanol–water partition coefficient (Wildman–Crippen LogP) is 6.55. The fraction of sp³-hybridized carbons (Fsp3) is 1.00. The van der Waals surface area contributed by atoms with Gasteiger partial charge < -0.3 is 0 Å². The first-order valence-electron chi connectivity index (χ1n) is 7.17. The summed E-state index contributed by atoms with van der Waals surface area (Å²) in [6.07, 6.45) is 14.9. The number of rotatable bonds is 2. The van der Waals surface area contributed by atoms with Crippen LogP contribution in [0.2, 0.25) is 0 Å². The third-order valence-corrected chi connectivity index (χ3v) is 4.10. The number of hydrogen-bond acceptors (Lipinski definition) is 0. The van der Waals surface area contributed by atoms with Crippen molar-refractivity contribution in [1.82, 2.24) is 0 Å². The van der Waals surface area contributed by atoms with Gasteiger partial charge in [0.1, 0.15) is 0 Å². The Balaban J connectivity index is 0.000000247. The molecule has 2 fully saturated rings. The Morgan fingerprint density at radius 3 is 1.12 bits per heavy atom. The van der Waals surface area contributed by atoms with Crippen LogP contribution in [0.15, 0.2) is 0 Å². The maximum atomic E-state index is 4.93. The van der Waals surface area contributed by atoms with Crippen molar-refractivity contribution in [3.05, 3.63) is 0 Å². The summed E-state index contributed by atoms with van der Waals surface area (Å²) >= 11 is -0.806. The SMILES string of the molecule is CCC1CCCC1.CCC1CCCC1.[Cl][W][Cl]. The van der Waals surface area contributed by atoms with Gasteiger partial charge in [-0.15, -0.1) is 0 Å². The van der Waals surface area contributed by atoms with Crippen molar-refractivity contribution in [3.8, 4) is 0 Å². The van der Waals surface area contributed by atoms with Gasteiger partial charge in [-0.1, -0.05) is 78.1 Å². The third kappa shape index (κ3) is 10.8. The number of halogens is 2. The van der Waals surface area contributed by atoms with Crippen LogP contribution < -0.4 is 0 Å². The Morgan fingerprint density at radius 1 is 0.765 bits per heavy atom. The molecule has 0 heterocycles. The van der Waals surface area contributed by atoms with E-state index in [-0.39, 0.29) is 0 Å². The van der Waals surface area contributed by atoms with Crippen LogP contribution in [0.3, 0.4) is 0 Å². The molecule has 17 heavy (non-hydrogen) atoms. The van der Waals surface area contributed by atoms with Crippen LogP contribution >= 0.6 is 18.8 Å². The van der Waals surface area contributed by atoms with Gasteiger partial charge in [-0.3, -0.25) is 0 Å². The molecule has 0 amide bonds. The molecule has 0 atom stereocenters. The van der Waals surface area contributed by atoms with Crippen molar-refractivity contribution in [2.24, 2.45) is 11.8 Å². The molecule has 0 aliphatic heterocycles. The van der Waals surface area contributed by atoms with Crippen molar-refractivity contribution in [3.63, 3.8) is 0 Å². The van der Waals surface area contributed by atoms with Crippen LogP contribution in [0.5, 0.6) is 0 Å². The second-order valence-electron chi connectivity index (χ2n) is 5.18. The standard InChI is InChI=1S/2C7H14.2ClH.W/c2*1-2-7-5-3-4-6-7;;;/h2*7H,2-6H2,1H3;2*1H;/q;;;;+2/p-2. The summed E-state index contributed by atoms with van der Waals surface area (Å²) in [5.41, 5.74) is 0. The van der Waals surface area contributed by atoms with Crippen molar-refractivity contribution in [1.29, 1.82) is 0 Å². The molecule has 0 nitrogen and oxygen atoms in total. The van der Waals surface area contributed by atoms with Crippen LogP contribution in [-0.2, 0) is 16.5 Å². The van der Waals surface area contributed by atoms with Crippen molar-refractivity contribution in [2.45, 2.75) is 78.1 Å². The van der Waals surface area contributed by atoms with Crippen LogP contribution in [0.4, 0.5) is 0 Å². The van der Waals surface area contributed by atoms with Crippen LogP contribution in [0.25, 0.3) is 0 Å². The molecule has 0 spiro atoms. The quantitative estimate of drug-likeness (QED) is 0.447. The summed E-state index contributed by atoms with van der Waals surface area (Å²) in [5, 5.41) is 0. The average Bonchev–Trinajstić information content (AvgIpc) is 3.04. The molecule has 2 saturated carbocycles. The summed E-state index contributed by atoms with van der Waals surface area (Å²) in [5.74, 6) is 2.19. The molecule has 104 valence electrons. The van der Waals surface area contributed by atoms with Gasteiger partial charge in [0.05, 0.1) is 0 Å². The van der Waals surface area contributed by atoms with E-state index in [4.69, 9.17) is 18.8 Å². The molecule has 2 rings (SSSR count). The van der Waals surface area contributed by atoms with Crippen molar-refractivity contribution in [2.75, 3.05) is 0 Å². The summed E-state index contributed by atoms with van der Waals surface area (Å²) in [7, 11) is 9.86. The molecule has 0 saturated heterocycles. The summed E-state index contributed by atoms with van der Waals surface area (Å²) < 4.78 is 0. The monoisotopic (exact) mass is 450 g/mol.